The highest BCUT2D eigenvalue weighted by molar-refractivity contribution is 6.21. The molecule has 1 heterocycles. The number of hydrogen-bond acceptors (Lipinski definition) is 4. The Morgan fingerprint density at radius 1 is 0.957 bits per heavy atom. The number of imide groups is 1. The fourth-order valence-electron chi connectivity index (χ4n) is 2.47. The van der Waals surface area contributed by atoms with Gasteiger partial charge in [0.1, 0.15) is 0 Å². The second-order valence-electron chi connectivity index (χ2n) is 4.94. The van der Waals surface area contributed by atoms with E-state index < -0.39 is 0 Å². The minimum atomic E-state index is -0.307. The molecule has 2 N–H and O–H groups in total. The van der Waals surface area contributed by atoms with Crippen LogP contribution in [0.4, 0.5) is 0 Å². The van der Waals surface area contributed by atoms with Gasteiger partial charge in [-0.05, 0) is 18.2 Å². The number of rotatable bonds is 4. The molecule has 0 spiro atoms. The van der Waals surface area contributed by atoms with Crippen molar-refractivity contribution in [2.45, 2.75) is 0 Å². The van der Waals surface area contributed by atoms with Crippen LogP contribution in [0, 0.1) is 0 Å². The molecule has 23 heavy (non-hydrogen) atoms. The maximum absolute atomic E-state index is 12.3. The van der Waals surface area contributed by atoms with Gasteiger partial charge in [-0.1, -0.05) is 47.7 Å². The summed E-state index contributed by atoms with van der Waals surface area (Å²) < 4.78 is 0. The van der Waals surface area contributed by atoms with E-state index in [4.69, 9.17) is 5.84 Å². The second-order valence-corrected chi connectivity index (χ2v) is 4.94. The third-order valence-electron chi connectivity index (χ3n) is 3.58. The van der Waals surface area contributed by atoms with E-state index in [1.54, 1.807) is 30.3 Å². The van der Waals surface area contributed by atoms with Crippen molar-refractivity contribution in [1.29, 1.82) is 0 Å². The first kappa shape index (κ1) is 14.6. The molecule has 114 valence electrons. The van der Waals surface area contributed by atoms with Crippen molar-refractivity contribution < 1.29 is 9.59 Å². The number of carbonyl (C=O) groups excluding carboxylic acids is 2. The lowest BCUT2D eigenvalue weighted by Crippen LogP contribution is -2.29. The van der Waals surface area contributed by atoms with Gasteiger partial charge in [-0.3, -0.25) is 14.5 Å². The number of carbonyl (C=O) groups is 2. The minimum Gasteiger partial charge on any atom is -0.305 e. The summed E-state index contributed by atoms with van der Waals surface area (Å²) in [6.07, 6.45) is 1.66. The van der Waals surface area contributed by atoms with Crippen molar-refractivity contribution in [3.63, 3.8) is 0 Å². The molecule has 0 aliphatic carbocycles. The molecule has 2 aromatic carbocycles. The molecule has 0 bridgehead atoms. The van der Waals surface area contributed by atoms with E-state index in [1.807, 2.05) is 30.3 Å². The summed E-state index contributed by atoms with van der Waals surface area (Å²) in [5, 5.41) is 7.17. The third-order valence-corrected chi connectivity index (χ3v) is 3.58. The Bertz CT molecular complexity index is 777. The van der Waals surface area contributed by atoms with Crippen molar-refractivity contribution in [3.05, 3.63) is 77.4 Å². The van der Waals surface area contributed by atoms with Gasteiger partial charge in [-0.25, -0.2) is 0 Å². The smallest absolute Gasteiger partial charge is 0.261 e. The molecule has 0 unspecified atom stereocenters. The van der Waals surface area contributed by atoms with Crippen LogP contribution < -0.4 is 5.84 Å². The number of hydrogen-bond donors (Lipinski definition) is 1. The lowest BCUT2D eigenvalue weighted by Gasteiger charge is -2.11. The van der Waals surface area contributed by atoms with Gasteiger partial charge in [0.05, 0.1) is 16.8 Å². The molecular formula is C17H14N4O2. The molecule has 1 aliphatic heterocycles. The zero-order valence-electron chi connectivity index (χ0n) is 12.2. The fourth-order valence-corrected chi connectivity index (χ4v) is 2.47. The number of nitrogens with zero attached hydrogens (tertiary/aromatic N) is 3. The Hall–Kier alpha value is -3.28. The second kappa shape index (κ2) is 6.23. The van der Waals surface area contributed by atoms with E-state index in [1.165, 1.54) is 4.90 Å². The maximum Gasteiger partial charge on any atom is 0.261 e. The van der Waals surface area contributed by atoms with Gasteiger partial charge in [0.15, 0.2) is 0 Å². The Labute approximate surface area is 132 Å². The standard InChI is InChI=1S/C17H14N4O2/c18-20-19-15(12-6-2-1-3-7-12)10-11-21-16(22)13-8-4-5-9-14(13)17(21)23/h1-10H,11H2,(H2,18,19)/b15-10+. The van der Waals surface area contributed by atoms with E-state index in [9.17, 15) is 9.59 Å². The zero-order valence-corrected chi connectivity index (χ0v) is 12.2. The summed E-state index contributed by atoms with van der Waals surface area (Å²) in [6, 6.07) is 16.1. The maximum atomic E-state index is 12.3. The number of nitrogens with two attached hydrogens (primary N) is 1. The molecule has 3 rings (SSSR count). The topological polar surface area (TPSA) is 88.1 Å². The summed E-state index contributed by atoms with van der Waals surface area (Å²) in [7, 11) is 0. The molecule has 0 radical (unpaired) electrons. The van der Waals surface area contributed by atoms with Gasteiger partial charge in [0.25, 0.3) is 11.8 Å². The summed E-state index contributed by atoms with van der Waals surface area (Å²) in [4.78, 5) is 25.8. The Morgan fingerprint density at radius 3 is 2.09 bits per heavy atom. The molecule has 2 aromatic rings. The van der Waals surface area contributed by atoms with Crippen molar-refractivity contribution in [3.8, 4) is 0 Å². The molecule has 2 amide bonds. The average Bonchev–Trinajstić information content (AvgIpc) is 2.84. The number of amides is 2. The van der Waals surface area contributed by atoms with E-state index in [2.05, 4.69) is 10.3 Å². The predicted molar refractivity (Wildman–Crippen MR) is 85.3 cm³/mol. The van der Waals surface area contributed by atoms with Crippen LogP contribution in [0.15, 0.2) is 71.0 Å². The lowest BCUT2D eigenvalue weighted by atomic mass is 10.1. The normalized spacial score (nSPS) is 14.6. The average molecular weight is 306 g/mol. The van der Waals surface area contributed by atoms with Crippen LogP contribution in [0.2, 0.25) is 0 Å². The highest BCUT2D eigenvalue weighted by Gasteiger charge is 2.34. The lowest BCUT2D eigenvalue weighted by molar-refractivity contribution is 0.0672. The Kier molecular flexibility index (Phi) is 3.97. The van der Waals surface area contributed by atoms with Crippen LogP contribution in [0.3, 0.4) is 0 Å². The minimum absolute atomic E-state index is 0.107. The van der Waals surface area contributed by atoms with Crippen LogP contribution >= 0.6 is 0 Å². The molecule has 6 nitrogen and oxygen atoms in total. The zero-order chi connectivity index (χ0) is 16.2. The van der Waals surface area contributed by atoms with Crippen LogP contribution in [0.25, 0.3) is 5.70 Å². The summed E-state index contributed by atoms with van der Waals surface area (Å²) >= 11 is 0. The van der Waals surface area contributed by atoms with Crippen LogP contribution in [-0.2, 0) is 0 Å². The predicted octanol–water partition coefficient (Wildman–Crippen LogP) is 2.65. The molecule has 0 saturated heterocycles. The monoisotopic (exact) mass is 306 g/mol. The molecule has 0 fully saturated rings. The van der Waals surface area contributed by atoms with Crippen molar-refractivity contribution in [1.82, 2.24) is 4.90 Å². The molecule has 0 aromatic heterocycles. The first-order valence-electron chi connectivity index (χ1n) is 7.04. The molecule has 6 heteroatoms. The summed E-state index contributed by atoms with van der Waals surface area (Å²) in [5.74, 6) is 4.53. The first-order valence-corrected chi connectivity index (χ1v) is 7.04. The van der Waals surface area contributed by atoms with Crippen molar-refractivity contribution in [2.75, 3.05) is 6.54 Å². The number of benzene rings is 2. The highest BCUT2D eigenvalue weighted by atomic mass is 16.2. The van der Waals surface area contributed by atoms with E-state index in [0.717, 1.165) is 5.56 Å². The number of fused-ring (bicyclic) bond motifs is 1. The Morgan fingerprint density at radius 2 is 1.52 bits per heavy atom. The van der Waals surface area contributed by atoms with Gasteiger partial charge in [-0.2, -0.15) is 0 Å². The van der Waals surface area contributed by atoms with E-state index in [0.29, 0.717) is 16.8 Å². The van der Waals surface area contributed by atoms with Gasteiger partial charge in [0.2, 0.25) is 0 Å². The van der Waals surface area contributed by atoms with Gasteiger partial charge >= 0.3 is 0 Å². The highest BCUT2D eigenvalue weighted by Crippen LogP contribution is 2.23. The summed E-state index contributed by atoms with van der Waals surface area (Å²) in [5.41, 5.74) is 2.16. The van der Waals surface area contributed by atoms with Gasteiger partial charge in [-0.15, -0.1) is 5.11 Å². The molecule has 0 saturated carbocycles. The Balaban J connectivity index is 1.87. The summed E-state index contributed by atoms with van der Waals surface area (Å²) in [6.45, 7) is 0.107. The van der Waals surface area contributed by atoms with Crippen molar-refractivity contribution in [2.24, 2.45) is 16.2 Å². The van der Waals surface area contributed by atoms with E-state index in [-0.39, 0.29) is 18.4 Å². The van der Waals surface area contributed by atoms with Gasteiger partial charge in [0, 0.05) is 12.1 Å². The SMILES string of the molecule is NN=N/C(=C/CN1C(=O)c2ccccc2C1=O)c1ccccc1. The third kappa shape index (κ3) is 2.74. The van der Waals surface area contributed by atoms with Crippen molar-refractivity contribution >= 4 is 17.5 Å². The quantitative estimate of drug-likeness (QED) is 0.407. The largest absolute Gasteiger partial charge is 0.305 e. The van der Waals surface area contributed by atoms with Gasteiger partial charge < -0.3 is 5.84 Å². The van der Waals surface area contributed by atoms with E-state index >= 15 is 0 Å². The van der Waals surface area contributed by atoms with Crippen LogP contribution in [0.1, 0.15) is 26.3 Å². The molecule has 1 aliphatic rings. The molecular weight excluding hydrogens is 292 g/mol. The molecule has 0 atom stereocenters. The van der Waals surface area contributed by atoms with Crippen LogP contribution in [0.5, 0.6) is 0 Å². The fraction of sp³-hybridized carbons (Fsp3) is 0.0588. The first-order chi connectivity index (χ1) is 11.2. The van der Waals surface area contributed by atoms with Crippen LogP contribution in [-0.4, -0.2) is 23.3 Å².